The zero-order valence-corrected chi connectivity index (χ0v) is 18.0. The topological polar surface area (TPSA) is 114 Å². The number of carboxylic acids is 1. The van der Waals surface area contributed by atoms with Gasteiger partial charge in [0.05, 0.1) is 19.3 Å². The van der Waals surface area contributed by atoms with Gasteiger partial charge in [0, 0.05) is 17.9 Å². The van der Waals surface area contributed by atoms with E-state index in [1.165, 1.54) is 11.1 Å². The number of rotatable bonds is 6. The van der Waals surface area contributed by atoms with Gasteiger partial charge in [0.2, 0.25) is 5.91 Å². The van der Waals surface area contributed by atoms with E-state index in [9.17, 15) is 19.5 Å². The maximum absolute atomic E-state index is 12.4. The molecule has 0 radical (unpaired) electrons. The molecule has 0 spiro atoms. The van der Waals surface area contributed by atoms with Crippen molar-refractivity contribution >= 4 is 18.0 Å². The molecular weight excluding hydrogens is 424 g/mol. The van der Waals surface area contributed by atoms with E-state index in [0.29, 0.717) is 12.8 Å². The Morgan fingerprint density at radius 1 is 0.939 bits per heavy atom. The molecule has 8 heteroatoms. The lowest BCUT2D eigenvalue weighted by atomic mass is 9.79. The van der Waals surface area contributed by atoms with Gasteiger partial charge in [-0.3, -0.25) is 9.59 Å². The molecule has 0 bridgehead atoms. The first kappa shape index (κ1) is 21.5. The van der Waals surface area contributed by atoms with Gasteiger partial charge >= 0.3 is 12.1 Å². The van der Waals surface area contributed by atoms with Gasteiger partial charge in [-0.15, -0.1) is 0 Å². The van der Waals surface area contributed by atoms with Crippen molar-refractivity contribution < 1.29 is 29.0 Å². The monoisotopic (exact) mass is 450 g/mol. The molecule has 172 valence electrons. The Morgan fingerprint density at radius 3 is 2.21 bits per heavy atom. The number of fused-ring (bicyclic) bond motifs is 3. The van der Waals surface area contributed by atoms with Gasteiger partial charge in [0.15, 0.2) is 0 Å². The van der Waals surface area contributed by atoms with Gasteiger partial charge in [-0.05, 0) is 35.1 Å². The Kier molecular flexibility index (Phi) is 5.76. The third-order valence-electron chi connectivity index (χ3n) is 6.90. The summed E-state index contributed by atoms with van der Waals surface area (Å²) >= 11 is 0. The fourth-order valence-corrected chi connectivity index (χ4v) is 5.00. The maximum atomic E-state index is 12.4. The van der Waals surface area contributed by atoms with Crippen LogP contribution in [0.4, 0.5) is 4.79 Å². The molecular formula is C25H26N2O6. The minimum absolute atomic E-state index is 0.00104. The van der Waals surface area contributed by atoms with E-state index < -0.39 is 24.0 Å². The number of amides is 2. The van der Waals surface area contributed by atoms with Crippen molar-refractivity contribution in [3.8, 4) is 11.1 Å². The van der Waals surface area contributed by atoms with E-state index in [2.05, 4.69) is 34.9 Å². The molecule has 0 aromatic heterocycles. The molecule has 1 heterocycles. The highest BCUT2D eigenvalue weighted by Gasteiger charge is 2.40. The van der Waals surface area contributed by atoms with Crippen LogP contribution in [0.3, 0.4) is 0 Å². The average Bonchev–Trinajstić information content (AvgIpc) is 3.37. The van der Waals surface area contributed by atoms with Crippen LogP contribution < -0.4 is 10.6 Å². The van der Waals surface area contributed by atoms with Crippen molar-refractivity contribution in [3.63, 3.8) is 0 Å². The summed E-state index contributed by atoms with van der Waals surface area (Å²) in [7, 11) is 0. The number of alkyl carbamates (subject to hydrolysis) is 1. The Balaban J connectivity index is 1.10. The summed E-state index contributed by atoms with van der Waals surface area (Å²) < 4.78 is 10.7. The first-order chi connectivity index (χ1) is 16.0. The van der Waals surface area contributed by atoms with Gasteiger partial charge in [0.1, 0.15) is 12.5 Å². The summed E-state index contributed by atoms with van der Waals surface area (Å²) in [6.07, 6.45) is 0.513. The molecule has 1 saturated carbocycles. The summed E-state index contributed by atoms with van der Waals surface area (Å²) in [6, 6.07) is 15.7. The first-order valence-corrected chi connectivity index (χ1v) is 11.2. The van der Waals surface area contributed by atoms with Crippen LogP contribution in [-0.2, 0) is 19.1 Å². The SMILES string of the molecule is O=C(NC1CC(C(=O)NC2COCC2C(=O)O)C1)OCC1c2ccccc2-c2ccccc21. The number of carbonyl (C=O) groups excluding carboxylic acids is 2. The van der Waals surface area contributed by atoms with E-state index >= 15 is 0 Å². The minimum atomic E-state index is -0.971. The van der Waals surface area contributed by atoms with Gasteiger partial charge < -0.3 is 25.2 Å². The highest BCUT2D eigenvalue weighted by atomic mass is 16.5. The molecule has 8 nitrogen and oxygen atoms in total. The Hall–Kier alpha value is -3.39. The van der Waals surface area contributed by atoms with E-state index in [-0.39, 0.29) is 43.6 Å². The molecule has 2 unspecified atom stereocenters. The van der Waals surface area contributed by atoms with Crippen molar-refractivity contribution in [2.45, 2.75) is 30.8 Å². The second-order valence-corrected chi connectivity index (χ2v) is 8.93. The summed E-state index contributed by atoms with van der Waals surface area (Å²) in [4.78, 5) is 36.0. The molecule has 5 rings (SSSR count). The third-order valence-corrected chi connectivity index (χ3v) is 6.90. The number of carboxylic acid groups (broad SMARTS) is 1. The number of hydrogen-bond donors (Lipinski definition) is 3. The second-order valence-electron chi connectivity index (χ2n) is 8.93. The van der Waals surface area contributed by atoms with Crippen molar-refractivity contribution in [1.82, 2.24) is 10.6 Å². The molecule has 1 saturated heterocycles. The van der Waals surface area contributed by atoms with Crippen LogP contribution >= 0.6 is 0 Å². The van der Waals surface area contributed by atoms with Crippen LogP contribution in [0.25, 0.3) is 11.1 Å². The quantitative estimate of drug-likeness (QED) is 0.623. The highest BCUT2D eigenvalue weighted by Crippen LogP contribution is 2.44. The largest absolute Gasteiger partial charge is 0.481 e. The van der Waals surface area contributed by atoms with E-state index in [1.54, 1.807) is 0 Å². The predicted octanol–water partition coefficient (Wildman–Crippen LogP) is 2.52. The van der Waals surface area contributed by atoms with Crippen LogP contribution in [-0.4, -0.2) is 55.0 Å². The zero-order valence-electron chi connectivity index (χ0n) is 18.0. The van der Waals surface area contributed by atoms with Gasteiger partial charge in [-0.25, -0.2) is 4.79 Å². The number of aliphatic carboxylic acids is 1. The van der Waals surface area contributed by atoms with Crippen LogP contribution in [0.2, 0.25) is 0 Å². The van der Waals surface area contributed by atoms with Crippen LogP contribution in [0.1, 0.15) is 29.9 Å². The lowest BCUT2D eigenvalue weighted by Crippen LogP contribution is -2.52. The van der Waals surface area contributed by atoms with Crippen molar-refractivity contribution in [3.05, 3.63) is 59.7 Å². The van der Waals surface area contributed by atoms with Crippen LogP contribution in [0, 0.1) is 11.8 Å². The minimum Gasteiger partial charge on any atom is -0.481 e. The third kappa shape index (κ3) is 4.18. The van der Waals surface area contributed by atoms with Crippen molar-refractivity contribution in [2.24, 2.45) is 11.8 Å². The lowest BCUT2D eigenvalue weighted by Gasteiger charge is -2.35. The second kappa shape index (κ2) is 8.86. The van der Waals surface area contributed by atoms with Gasteiger partial charge in [0.25, 0.3) is 0 Å². The molecule has 2 aromatic rings. The van der Waals surface area contributed by atoms with Crippen molar-refractivity contribution in [2.75, 3.05) is 19.8 Å². The van der Waals surface area contributed by atoms with E-state index in [4.69, 9.17) is 9.47 Å². The molecule has 2 aliphatic carbocycles. The fourth-order valence-electron chi connectivity index (χ4n) is 5.00. The molecule has 2 atom stereocenters. The maximum Gasteiger partial charge on any atom is 0.407 e. The molecule has 1 aliphatic heterocycles. The Bertz CT molecular complexity index is 1030. The number of ether oxygens (including phenoxy) is 2. The number of benzene rings is 2. The average molecular weight is 450 g/mol. The summed E-state index contributed by atoms with van der Waals surface area (Å²) in [6.45, 7) is 0.558. The molecule has 2 fully saturated rings. The molecule has 3 aliphatic rings. The van der Waals surface area contributed by atoms with Gasteiger partial charge in [-0.1, -0.05) is 48.5 Å². The highest BCUT2D eigenvalue weighted by molar-refractivity contribution is 5.82. The first-order valence-electron chi connectivity index (χ1n) is 11.2. The molecule has 33 heavy (non-hydrogen) atoms. The molecule has 2 amide bonds. The lowest BCUT2D eigenvalue weighted by molar-refractivity contribution is -0.142. The molecule has 3 N–H and O–H groups in total. The number of nitrogens with one attached hydrogen (secondary N) is 2. The number of hydrogen-bond acceptors (Lipinski definition) is 5. The number of carbonyl (C=O) groups is 3. The van der Waals surface area contributed by atoms with E-state index in [0.717, 1.165) is 11.1 Å². The summed E-state index contributed by atoms with van der Waals surface area (Å²) in [5.74, 6) is -2.13. The van der Waals surface area contributed by atoms with Crippen molar-refractivity contribution in [1.29, 1.82) is 0 Å². The Morgan fingerprint density at radius 2 is 1.58 bits per heavy atom. The smallest absolute Gasteiger partial charge is 0.407 e. The Labute approximate surface area is 191 Å². The van der Waals surface area contributed by atoms with Crippen LogP contribution in [0.15, 0.2) is 48.5 Å². The fraction of sp³-hybridized carbons (Fsp3) is 0.400. The van der Waals surface area contributed by atoms with E-state index in [1.807, 2.05) is 24.3 Å². The summed E-state index contributed by atoms with van der Waals surface area (Å²) in [5.41, 5.74) is 4.66. The van der Waals surface area contributed by atoms with Gasteiger partial charge in [-0.2, -0.15) is 0 Å². The normalized spacial score (nSPS) is 25.5. The summed E-state index contributed by atoms with van der Waals surface area (Å²) in [5, 5.41) is 14.8. The zero-order chi connectivity index (χ0) is 22.9. The standard InChI is InChI=1S/C25H26N2O6/c28-23(27-22-13-32-11-21(22)24(29)30)14-9-15(10-14)26-25(31)33-12-20-18-7-3-1-5-16(18)17-6-2-4-8-19(17)20/h1-8,14-15,20-22H,9-13H2,(H,26,31)(H,27,28)(H,29,30). The van der Waals surface area contributed by atoms with Crippen LogP contribution in [0.5, 0.6) is 0 Å². The molecule has 2 aromatic carbocycles. The predicted molar refractivity (Wildman–Crippen MR) is 119 cm³/mol.